The molecule has 0 aliphatic heterocycles. The van der Waals surface area contributed by atoms with Crippen LogP contribution >= 0.6 is 11.3 Å². The van der Waals surface area contributed by atoms with Gasteiger partial charge < -0.3 is 10.1 Å². The number of thiazole rings is 1. The maximum atomic E-state index is 11.7. The Labute approximate surface area is 129 Å². The second-order valence-corrected chi connectivity index (χ2v) is 5.86. The quantitative estimate of drug-likeness (QED) is 0.891. The van der Waals surface area contributed by atoms with Crippen LogP contribution in [-0.4, -0.2) is 23.5 Å². The third-order valence-corrected chi connectivity index (χ3v) is 3.70. The Kier molecular flexibility index (Phi) is 5.33. The molecule has 21 heavy (non-hydrogen) atoms. The van der Waals surface area contributed by atoms with Crippen LogP contribution in [0.2, 0.25) is 0 Å². The first-order valence-electron chi connectivity index (χ1n) is 7.05. The number of benzene rings is 1. The molecule has 0 aliphatic rings. The van der Waals surface area contributed by atoms with Gasteiger partial charge in [-0.15, -0.1) is 11.3 Å². The zero-order valence-corrected chi connectivity index (χ0v) is 13.4. The molecule has 1 aromatic carbocycles. The molecule has 4 nitrogen and oxygen atoms in total. The van der Waals surface area contributed by atoms with Gasteiger partial charge >= 0.3 is 0 Å². The molecule has 112 valence electrons. The molecular formula is C16H20N2O2S. The summed E-state index contributed by atoms with van der Waals surface area (Å²) in [6.45, 7) is 6.52. The van der Waals surface area contributed by atoms with Crippen LogP contribution in [0.5, 0.6) is 5.75 Å². The first-order valence-corrected chi connectivity index (χ1v) is 7.93. The third kappa shape index (κ3) is 4.56. The number of hydrogen-bond donors (Lipinski definition) is 1. The Bertz CT molecular complexity index is 591. The molecule has 5 heteroatoms. The molecule has 0 bridgehead atoms. The van der Waals surface area contributed by atoms with Crippen molar-refractivity contribution in [3.63, 3.8) is 0 Å². The summed E-state index contributed by atoms with van der Waals surface area (Å²) in [7, 11) is 0. The van der Waals surface area contributed by atoms with Gasteiger partial charge in [0, 0.05) is 17.0 Å². The minimum Gasteiger partial charge on any atom is -0.494 e. The van der Waals surface area contributed by atoms with Gasteiger partial charge in [0.25, 0.3) is 0 Å². The van der Waals surface area contributed by atoms with Crippen LogP contribution in [0, 0.1) is 0 Å². The summed E-state index contributed by atoms with van der Waals surface area (Å²) < 4.78 is 5.42. The predicted molar refractivity (Wildman–Crippen MR) is 85.7 cm³/mol. The Morgan fingerprint density at radius 3 is 2.67 bits per heavy atom. The number of carbonyl (C=O) groups excluding carboxylic acids is 1. The standard InChI is InChI=1S/C16H20N2O2S/c1-4-20-14-7-5-12(6-8-14)16-18-13(10-21-16)9-15(19)17-11(2)3/h5-8,10-11H,4,9H2,1-3H3,(H,17,19). The van der Waals surface area contributed by atoms with E-state index < -0.39 is 0 Å². The van der Waals surface area contributed by atoms with E-state index in [-0.39, 0.29) is 11.9 Å². The number of carbonyl (C=O) groups is 1. The topological polar surface area (TPSA) is 51.2 Å². The SMILES string of the molecule is CCOc1ccc(-c2nc(CC(=O)NC(C)C)cs2)cc1. The highest BCUT2D eigenvalue weighted by Crippen LogP contribution is 2.25. The molecule has 1 amide bonds. The highest BCUT2D eigenvalue weighted by atomic mass is 32.1. The van der Waals surface area contributed by atoms with Crippen LogP contribution in [0.4, 0.5) is 0 Å². The van der Waals surface area contributed by atoms with Gasteiger partial charge in [0.2, 0.25) is 5.91 Å². The van der Waals surface area contributed by atoms with Gasteiger partial charge in [-0.2, -0.15) is 0 Å². The van der Waals surface area contributed by atoms with E-state index in [4.69, 9.17) is 4.74 Å². The summed E-state index contributed by atoms with van der Waals surface area (Å²) in [6.07, 6.45) is 0.325. The van der Waals surface area contributed by atoms with E-state index in [1.807, 2.05) is 50.4 Å². The molecule has 0 fully saturated rings. The van der Waals surface area contributed by atoms with E-state index in [9.17, 15) is 4.79 Å². The number of nitrogens with zero attached hydrogens (tertiary/aromatic N) is 1. The Balaban J connectivity index is 2.03. The van der Waals surface area contributed by atoms with Crippen molar-refractivity contribution in [3.8, 4) is 16.3 Å². The van der Waals surface area contributed by atoms with E-state index in [1.165, 1.54) is 0 Å². The lowest BCUT2D eigenvalue weighted by atomic mass is 10.2. The maximum absolute atomic E-state index is 11.7. The lowest BCUT2D eigenvalue weighted by Crippen LogP contribution is -2.31. The van der Waals surface area contributed by atoms with Crippen LogP contribution in [0.25, 0.3) is 10.6 Å². The van der Waals surface area contributed by atoms with Crippen LogP contribution in [0.3, 0.4) is 0 Å². The van der Waals surface area contributed by atoms with Gasteiger partial charge in [0.05, 0.1) is 18.7 Å². The normalized spacial score (nSPS) is 10.7. The molecular weight excluding hydrogens is 284 g/mol. The Morgan fingerprint density at radius 1 is 1.33 bits per heavy atom. The van der Waals surface area contributed by atoms with Gasteiger partial charge in [-0.3, -0.25) is 4.79 Å². The maximum Gasteiger partial charge on any atom is 0.226 e. The summed E-state index contributed by atoms with van der Waals surface area (Å²) in [6, 6.07) is 8.00. The van der Waals surface area contributed by atoms with Gasteiger partial charge in [-0.25, -0.2) is 4.98 Å². The smallest absolute Gasteiger partial charge is 0.226 e. The monoisotopic (exact) mass is 304 g/mol. The highest BCUT2D eigenvalue weighted by molar-refractivity contribution is 7.13. The van der Waals surface area contributed by atoms with Crippen molar-refractivity contribution < 1.29 is 9.53 Å². The lowest BCUT2D eigenvalue weighted by Gasteiger charge is -2.06. The van der Waals surface area contributed by atoms with E-state index >= 15 is 0 Å². The minimum absolute atomic E-state index is 0.00791. The lowest BCUT2D eigenvalue weighted by molar-refractivity contribution is -0.120. The van der Waals surface area contributed by atoms with Crippen molar-refractivity contribution in [1.82, 2.24) is 10.3 Å². The first kappa shape index (κ1) is 15.5. The fourth-order valence-corrected chi connectivity index (χ4v) is 2.74. The number of ether oxygens (including phenoxy) is 1. The van der Waals surface area contributed by atoms with Crippen LogP contribution in [-0.2, 0) is 11.2 Å². The van der Waals surface area contributed by atoms with Crippen molar-refractivity contribution >= 4 is 17.2 Å². The second kappa shape index (κ2) is 7.22. The summed E-state index contributed by atoms with van der Waals surface area (Å²) >= 11 is 1.55. The number of nitrogens with one attached hydrogen (secondary N) is 1. The molecule has 0 radical (unpaired) electrons. The molecule has 1 aromatic heterocycles. The van der Waals surface area contributed by atoms with Crippen molar-refractivity contribution in [2.24, 2.45) is 0 Å². The van der Waals surface area contributed by atoms with Crippen molar-refractivity contribution in [2.75, 3.05) is 6.61 Å². The number of hydrogen-bond acceptors (Lipinski definition) is 4. The average molecular weight is 304 g/mol. The molecule has 0 unspecified atom stereocenters. The largest absolute Gasteiger partial charge is 0.494 e. The summed E-state index contributed by atoms with van der Waals surface area (Å²) in [4.78, 5) is 16.2. The summed E-state index contributed by atoms with van der Waals surface area (Å²) in [5.74, 6) is 0.864. The van der Waals surface area contributed by atoms with Crippen molar-refractivity contribution in [3.05, 3.63) is 35.3 Å². The fourth-order valence-electron chi connectivity index (χ4n) is 1.92. The van der Waals surface area contributed by atoms with Gasteiger partial charge in [0.1, 0.15) is 10.8 Å². The van der Waals surface area contributed by atoms with Crippen molar-refractivity contribution in [2.45, 2.75) is 33.2 Å². The second-order valence-electron chi connectivity index (χ2n) is 5.00. The Hall–Kier alpha value is -1.88. The molecule has 0 spiro atoms. The fraction of sp³-hybridized carbons (Fsp3) is 0.375. The Morgan fingerprint density at radius 2 is 2.05 bits per heavy atom. The van der Waals surface area contributed by atoms with Gasteiger partial charge in [0.15, 0.2) is 0 Å². The molecule has 2 aromatic rings. The minimum atomic E-state index is 0.00791. The van der Waals surface area contributed by atoms with E-state index in [1.54, 1.807) is 11.3 Å². The summed E-state index contributed by atoms with van der Waals surface area (Å²) in [5, 5.41) is 5.73. The van der Waals surface area contributed by atoms with E-state index in [0.29, 0.717) is 13.0 Å². The van der Waals surface area contributed by atoms with E-state index in [0.717, 1.165) is 22.0 Å². The van der Waals surface area contributed by atoms with Crippen molar-refractivity contribution in [1.29, 1.82) is 0 Å². The number of aromatic nitrogens is 1. The molecule has 0 saturated carbocycles. The average Bonchev–Trinajstić information content (AvgIpc) is 2.87. The third-order valence-electron chi connectivity index (χ3n) is 2.76. The molecule has 0 atom stereocenters. The molecule has 2 rings (SSSR count). The zero-order valence-electron chi connectivity index (χ0n) is 12.6. The molecule has 0 saturated heterocycles. The highest BCUT2D eigenvalue weighted by Gasteiger charge is 2.09. The van der Waals surface area contributed by atoms with Gasteiger partial charge in [-0.1, -0.05) is 0 Å². The van der Waals surface area contributed by atoms with Crippen LogP contribution in [0.15, 0.2) is 29.6 Å². The zero-order chi connectivity index (χ0) is 15.2. The van der Waals surface area contributed by atoms with Crippen LogP contribution < -0.4 is 10.1 Å². The molecule has 1 N–H and O–H groups in total. The summed E-state index contributed by atoms with van der Waals surface area (Å²) in [5.41, 5.74) is 1.85. The predicted octanol–water partition coefficient (Wildman–Crippen LogP) is 3.28. The number of rotatable bonds is 6. The van der Waals surface area contributed by atoms with Gasteiger partial charge in [-0.05, 0) is 45.0 Å². The number of amides is 1. The van der Waals surface area contributed by atoms with Crippen LogP contribution in [0.1, 0.15) is 26.5 Å². The first-order chi connectivity index (χ1) is 10.1. The molecule has 0 aliphatic carbocycles. The molecule has 1 heterocycles. The van der Waals surface area contributed by atoms with E-state index in [2.05, 4.69) is 10.3 Å².